The Hall–Kier alpha value is -0.670. The van der Waals surface area contributed by atoms with Gasteiger partial charge in [0.25, 0.3) is 9.05 Å². The Morgan fingerprint density at radius 3 is 2.30 bits per heavy atom. The molecule has 1 aromatic rings. The smallest absolute Gasteiger partial charge is 0.262 e. The van der Waals surface area contributed by atoms with E-state index < -0.39 is 24.0 Å². The second-order valence-electron chi connectivity index (χ2n) is 4.42. The minimum absolute atomic E-state index is 0.297. The monoisotopic (exact) mass is 339 g/mol. The van der Waals surface area contributed by atoms with Crippen molar-refractivity contribution in [3.05, 3.63) is 24.3 Å². The third kappa shape index (κ3) is 2.99. The van der Waals surface area contributed by atoms with Gasteiger partial charge in [-0.05, 0) is 18.6 Å². The highest BCUT2D eigenvalue weighted by Gasteiger charge is 2.34. The zero-order valence-electron chi connectivity index (χ0n) is 10.7. The van der Waals surface area contributed by atoms with Gasteiger partial charge in [-0.25, -0.2) is 16.8 Å². The third-order valence-corrected chi connectivity index (χ3v) is 6.67. The number of sulfonamides is 1. The Kier molecular flexibility index (Phi) is 4.41. The molecule has 0 bridgehead atoms. The summed E-state index contributed by atoms with van der Waals surface area (Å²) in [6.45, 7) is 0.783. The standard InChI is InChI=1S/C11H14ClNO5S2/c1-13(9-6-7-18-8-9)20(16,17)11-5-3-2-4-10(11)19(12,14)15/h2-5,9H,6-8H2,1H3. The lowest BCUT2D eigenvalue weighted by Crippen LogP contribution is -2.37. The van der Waals surface area contributed by atoms with Crippen molar-refractivity contribution >= 4 is 29.8 Å². The molecule has 0 aromatic heterocycles. The molecule has 20 heavy (non-hydrogen) atoms. The number of halogens is 1. The predicted molar refractivity (Wildman–Crippen MR) is 73.7 cm³/mol. The summed E-state index contributed by atoms with van der Waals surface area (Å²) in [5.41, 5.74) is 0. The van der Waals surface area contributed by atoms with Gasteiger partial charge in [-0.1, -0.05) is 12.1 Å². The molecular weight excluding hydrogens is 326 g/mol. The Bertz CT molecular complexity index is 695. The molecule has 0 radical (unpaired) electrons. The zero-order chi connectivity index (χ0) is 15.0. The fraction of sp³-hybridized carbons (Fsp3) is 0.455. The summed E-state index contributed by atoms with van der Waals surface area (Å²) in [6.07, 6.45) is 0.575. The molecule has 0 amide bonds. The second kappa shape index (κ2) is 5.61. The molecule has 2 rings (SSSR count). The summed E-state index contributed by atoms with van der Waals surface area (Å²) in [7, 11) is -1.38. The molecule has 112 valence electrons. The molecule has 0 aliphatic carbocycles. The van der Waals surface area contributed by atoms with Crippen LogP contribution in [-0.4, -0.2) is 47.4 Å². The Morgan fingerprint density at radius 2 is 1.80 bits per heavy atom. The average Bonchev–Trinajstić information content (AvgIpc) is 2.90. The first-order valence-electron chi connectivity index (χ1n) is 5.84. The zero-order valence-corrected chi connectivity index (χ0v) is 13.1. The van der Waals surface area contributed by atoms with Crippen LogP contribution in [0.3, 0.4) is 0 Å². The molecule has 1 aliphatic heterocycles. The number of nitrogens with zero attached hydrogens (tertiary/aromatic N) is 1. The maximum atomic E-state index is 12.5. The van der Waals surface area contributed by atoms with Crippen molar-refractivity contribution in [2.45, 2.75) is 22.3 Å². The number of rotatable bonds is 4. The van der Waals surface area contributed by atoms with Gasteiger partial charge in [-0.15, -0.1) is 0 Å². The molecule has 0 spiro atoms. The van der Waals surface area contributed by atoms with Gasteiger partial charge in [0.2, 0.25) is 10.0 Å². The first-order chi connectivity index (χ1) is 9.24. The van der Waals surface area contributed by atoms with Crippen molar-refractivity contribution in [3.63, 3.8) is 0 Å². The van der Waals surface area contributed by atoms with Crippen LogP contribution in [0, 0.1) is 0 Å². The molecule has 1 atom stereocenters. The van der Waals surface area contributed by atoms with Gasteiger partial charge in [-0.2, -0.15) is 4.31 Å². The van der Waals surface area contributed by atoms with Gasteiger partial charge in [0.15, 0.2) is 0 Å². The van der Waals surface area contributed by atoms with Crippen LogP contribution >= 0.6 is 10.7 Å². The molecule has 1 heterocycles. The van der Waals surface area contributed by atoms with Crippen LogP contribution < -0.4 is 0 Å². The van der Waals surface area contributed by atoms with Gasteiger partial charge in [-0.3, -0.25) is 0 Å². The van der Waals surface area contributed by atoms with Gasteiger partial charge in [0, 0.05) is 24.3 Å². The maximum absolute atomic E-state index is 12.5. The van der Waals surface area contributed by atoms with Crippen LogP contribution in [0.1, 0.15) is 6.42 Å². The van der Waals surface area contributed by atoms with Gasteiger partial charge < -0.3 is 4.74 Å². The quantitative estimate of drug-likeness (QED) is 0.765. The lowest BCUT2D eigenvalue weighted by atomic mass is 10.3. The topological polar surface area (TPSA) is 80.8 Å². The molecule has 0 N–H and O–H groups in total. The number of hydrogen-bond acceptors (Lipinski definition) is 5. The van der Waals surface area contributed by atoms with E-state index in [0.29, 0.717) is 19.6 Å². The van der Waals surface area contributed by atoms with Crippen molar-refractivity contribution in [2.24, 2.45) is 0 Å². The summed E-state index contributed by atoms with van der Waals surface area (Å²) in [5.74, 6) is 0. The lowest BCUT2D eigenvalue weighted by molar-refractivity contribution is 0.181. The third-order valence-electron chi connectivity index (χ3n) is 3.19. The maximum Gasteiger partial charge on any atom is 0.262 e. The van der Waals surface area contributed by atoms with Gasteiger partial charge in [0.05, 0.1) is 12.6 Å². The number of benzene rings is 1. The van der Waals surface area contributed by atoms with Crippen molar-refractivity contribution in [3.8, 4) is 0 Å². The van der Waals surface area contributed by atoms with Crippen molar-refractivity contribution in [2.75, 3.05) is 20.3 Å². The molecule has 1 saturated heterocycles. The van der Waals surface area contributed by atoms with E-state index in [2.05, 4.69) is 0 Å². The fourth-order valence-electron chi connectivity index (χ4n) is 2.02. The molecule has 1 fully saturated rings. The fourth-order valence-corrected chi connectivity index (χ4v) is 5.20. The summed E-state index contributed by atoms with van der Waals surface area (Å²) in [5, 5.41) is 0. The molecule has 9 heteroatoms. The summed E-state index contributed by atoms with van der Waals surface area (Å²) in [6, 6.07) is 4.99. The highest BCUT2D eigenvalue weighted by atomic mass is 35.7. The minimum atomic E-state index is -4.14. The van der Waals surface area contributed by atoms with E-state index in [0.717, 1.165) is 4.31 Å². The number of ether oxygens (including phenoxy) is 1. The Balaban J connectivity index is 2.50. The van der Waals surface area contributed by atoms with Gasteiger partial charge in [0.1, 0.15) is 9.79 Å². The van der Waals surface area contributed by atoms with E-state index >= 15 is 0 Å². The van der Waals surface area contributed by atoms with E-state index in [1.165, 1.54) is 31.3 Å². The van der Waals surface area contributed by atoms with Crippen LogP contribution in [0.5, 0.6) is 0 Å². The van der Waals surface area contributed by atoms with Gasteiger partial charge >= 0.3 is 0 Å². The van der Waals surface area contributed by atoms with E-state index in [1.807, 2.05) is 0 Å². The molecule has 0 saturated carbocycles. The molecular formula is C11H14ClNO5S2. The molecule has 1 aliphatic rings. The summed E-state index contributed by atoms with van der Waals surface area (Å²) < 4.78 is 54.4. The minimum Gasteiger partial charge on any atom is -0.380 e. The van der Waals surface area contributed by atoms with Crippen LogP contribution in [0.2, 0.25) is 0 Å². The van der Waals surface area contributed by atoms with E-state index in [-0.39, 0.29) is 10.9 Å². The van der Waals surface area contributed by atoms with Crippen molar-refractivity contribution in [1.82, 2.24) is 4.31 Å². The first kappa shape index (κ1) is 15.7. The van der Waals surface area contributed by atoms with Crippen LogP contribution in [0.25, 0.3) is 0 Å². The van der Waals surface area contributed by atoms with E-state index in [4.69, 9.17) is 15.4 Å². The Labute approximate surface area is 122 Å². The van der Waals surface area contributed by atoms with Crippen molar-refractivity contribution < 1.29 is 21.6 Å². The van der Waals surface area contributed by atoms with E-state index in [1.54, 1.807) is 0 Å². The SMILES string of the molecule is CN(C1CCOC1)S(=O)(=O)c1ccccc1S(=O)(=O)Cl. The lowest BCUT2D eigenvalue weighted by Gasteiger charge is -2.23. The normalized spacial score (nSPS) is 20.4. The second-order valence-corrected chi connectivity index (χ2v) is 8.92. The summed E-state index contributed by atoms with van der Waals surface area (Å²) in [4.78, 5) is -0.725. The van der Waals surface area contributed by atoms with E-state index in [9.17, 15) is 16.8 Å². The van der Waals surface area contributed by atoms with Crippen LogP contribution in [0.4, 0.5) is 0 Å². The summed E-state index contributed by atoms with van der Waals surface area (Å²) >= 11 is 0. The average molecular weight is 340 g/mol. The first-order valence-corrected chi connectivity index (χ1v) is 9.59. The molecule has 1 aromatic carbocycles. The number of hydrogen-bond donors (Lipinski definition) is 0. The number of likely N-dealkylation sites (N-methyl/N-ethyl adjacent to an activating group) is 1. The van der Waals surface area contributed by atoms with Crippen LogP contribution in [-0.2, 0) is 23.8 Å². The largest absolute Gasteiger partial charge is 0.380 e. The van der Waals surface area contributed by atoms with Crippen LogP contribution in [0.15, 0.2) is 34.1 Å². The highest BCUT2D eigenvalue weighted by Crippen LogP contribution is 2.28. The Morgan fingerprint density at radius 1 is 1.20 bits per heavy atom. The molecule has 1 unspecified atom stereocenters. The van der Waals surface area contributed by atoms with Crippen molar-refractivity contribution in [1.29, 1.82) is 0 Å². The predicted octanol–water partition coefficient (Wildman–Crippen LogP) is 1.02. The highest BCUT2D eigenvalue weighted by molar-refractivity contribution is 8.14. The molecule has 6 nitrogen and oxygen atoms in total.